The maximum Gasteiger partial charge on any atom is 0.332 e. The zero-order valence-electron chi connectivity index (χ0n) is 29.9. The average molecular weight is 719 g/mol. The second kappa shape index (κ2) is 37.7. The topological polar surface area (TPSA) is 184 Å². The van der Waals surface area contributed by atoms with Crippen LogP contribution in [0.15, 0.2) is 0 Å². The van der Waals surface area contributed by atoms with Crippen molar-refractivity contribution in [2.45, 2.75) is 26.4 Å². The molecule has 17 nitrogen and oxygen atoms in total. The van der Waals surface area contributed by atoms with Crippen molar-refractivity contribution in [1.82, 2.24) is 0 Å². The van der Waals surface area contributed by atoms with Crippen molar-refractivity contribution < 1.29 is 81.0 Å². The third-order valence-corrected chi connectivity index (χ3v) is 5.33. The van der Waals surface area contributed by atoms with Gasteiger partial charge in [-0.1, -0.05) is 0 Å². The van der Waals surface area contributed by atoms with Crippen LogP contribution in [0.4, 0.5) is 0 Å². The van der Waals surface area contributed by atoms with Crippen molar-refractivity contribution in [2.75, 3.05) is 172 Å². The molecule has 0 saturated carbocycles. The van der Waals surface area contributed by atoms with Crippen molar-refractivity contribution in [3.8, 4) is 0 Å². The Labute approximate surface area is 291 Å². The number of carboxylic acids is 1. The molecule has 0 atom stereocenters. The lowest BCUT2D eigenvalue weighted by atomic mass is 10.2. The first-order chi connectivity index (χ1) is 23.8. The van der Waals surface area contributed by atoms with Crippen LogP contribution in [0.2, 0.25) is 0 Å². The normalized spacial score (nSPS) is 11.7. The van der Waals surface area contributed by atoms with Crippen LogP contribution in [0, 0.1) is 0 Å². The highest BCUT2D eigenvalue weighted by molar-refractivity contribution is 5.71. The van der Waals surface area contributed by atoms with E-state index in [1.54, 1.807) is 0 Å². The summed E-state index contributed by atoms with van der Waals surface area (Å²) in [7, 11) is 0. The molecule has 0 spiro atoms. The average Bonchev–Trinajstić information content (AvgIpc) is 3.05. The molecule has 0 radical (unpaired) electrons. The minimum atomic E-state index is -1.00. The number of carboxylic acid groups (broad SMARTS) is 1. The SMILES string of the molecule is CC(C)(C)OC(=O)COCCOCCOCCOCCOCCOCCOCCOCCOCCOCCOCCOCCOCC(=O)O. The van der Waals surface area contributed by atoms with Gasteiger partial charge in [-0.25, -0.2) is 9.59 Å². The molecule has 0 unspecified atom stereocenters. The molecular weight excluding hydrogens is 656 g/mol. The van der Waals surface area contributed by atoms with Gasteiger partial charge in [-0.2, -0.15) is 0 Å². The van der Waals surface area contributed by atoms with Gasteiger partial charge in [0.1, 0.15) is 18.8 Å². The second-order valence-corrected chi connectivity index (χ2v) is 10.8. The number of carbonyl (C=O) groups is 2. The first-order valence-corrected chi connectivity index (χ1v) is 16.8. The Bertz CT molecular complexity index is 708. The van der Waals surface area contributed by atoms with Gasteiger partial charge in [0.15, 0.2) is 0 Å². The number of esters is 1. The van der Waals surface area contributed by atoms with E-state index in [0.717, 1.165) is 0 Å². The summed E-state index contributed by atoms with van der Waals surface area (Å²) in [6.45, 7) is 15.5. The molecule has 49 heavy (non-hydrogen) atoms. The van der Waals surface area contributed by atoms with E-state index in [2.05, 4.69) is 0 Å². The van der Waals surface area contributed by atoms with Crippen molar-refractivity contribution >= 4 is 11.9 Å². The third kappa shape index (κ3) is 44.4. The predicted molar refractivity (Wildman–Crippen MR) is 174 cm³/mol. The van der Waals surface area contributed by atoms with E-state index in [4.69, 9.17) is 71.4 Å². The van der Waals surface area contributed by atoms with E-state index < -0.39 is 17.5 Å². The molecule has 0 aliphatic heterocycles. The first-order valence-electron chi connectivity index (χ1n) is 16.8. The Morgan fingerprint density at radius 2 is 0.531 bits per heavy atom. The van der Waals surface area contributed by atoms with E-state index >= 15 is 0 Å². The summed E-state index contributed by atoms with van der Waals surface area (Å²) in [5.41, 5.74) is -0.517. The summed E-state index contributed by atoms with van der Waals surface area (Å²) in [5.74, 6) is -1.39. The Hall–Kier alpha value is -1.58. The number of hydrogen-bond donors (Lipinski definition) is 1. The number of hydrogen-bond acceptors (Lipinski definition) is 16. The summed E-state index contributed by atoms with van der Waals surface area (Å²) >= 11 is 0. The van der Waals surface area contributed by atoms with E-state index in [1.165, 1.54) is 0 Å². The monoisotopic (exact) mass is 718 g/mol. The third-order valence-electron chi connectivity index (χ3n) is 5.33. The zero-order valence-corrected chi connectivity index (χ0v) is 29.9. The van der Waals surface area contributed by atoms with Crippen LogP contribution in [0.3, 0.4) is 0 Å². The highest BCUT2D eigenvalue weighted by atomic mass is 16.6. The molecule has 1 N–H and O–H groups in total. The van der Waals surface area contributed by atoms with Gasteiger partial charge in [0.25, 0.3) is 0 Å². The molecule has 0 bridgehead atoms. The lowest BCUT2D eigenvalue weighted by Gasteiger charge is -2.19. The highest BCUT2D eigenvalue weighted by Gasteiger charge is 2.15. The molecule has 292 valence electrons. The van der Waals surface area contributed by atoms with Crippen molar-refractivity contribution in [3.05, 3.63) is 0 Å². The molecule has 0 rings (SSSR count). The van der Waals surface area contributed by atoms with Crippen molar-refractivity contribution in [3.63, 3.8) is 0 Å². The van der Waals surface area contributed by atoms with Crippen LogP contribution in [0.1, 0.15) is 20.8 Å². The van der Waals surface area contributed by atoms with Crippen LogP contribution in [0.5, 0.6) is 0 Å². The van der Waals surface area contributed by atoms with Crippen LogP contribution < -0.4 is 0 Å². The van der Waals surface area contributed by atoms with Crippen molar-refractivity contribution in [1.29, 1.82) is 0 Å². The molecular formula is C32H62O17. The van der Waals surface area contributed by atoms with Gasteiger partial charge in [-0.3, -0.25) is 0 Å². The molecule has 17 heteroatoms. The molecule has 0 amide bonds. The number of aliphatic carboxylic acids is 1. The molecule has 0 aliphatic rings. The molecule has 0 aromatic heterocycles. The summed E-state index contributed by atoms with van der Waals surface area (Å²) < 4.78 is 74.8. The fourth-order valence-electron chi connectivity index (χ4n) is 3.22. The summed E-state index contributed by atoms with van der Waals surface area (Å²) in [6, 6.07) is 0. The van der Waals surface area contributed by atoms with Crippen LogP contribution in [-0.2, 0) is 75.9 Å². The summed E-state index contributed by atoms with van der Waals surface area (Å²) in [6.07, 6.45) is 0. The smallest absolute Gasteiger partial charge is 0.332 e. The maximum absolute atomic E-state index is 11.5. The molecule has 0 fully saturated rings. The van der Waals surface area contributed by atoms with Gasteiger partial charge in [0.2, 0.25) is 0 Å². The Morgan fingerprint density at radius 1 is 0.347 bits per heavy atom. The molecule has 0 aromatic carbocycles. The van der Waals surface area contributed by atoms with Crippen LogP contribution in [-0.4, -0.2) is 194 Å². The van der Waals surface area contributed by atoms with Gasteiger partial charge in [0.05, 0.1) is 159 Å². The quantitative estimate of drug-likeness (QED) is 0.0687. The summed E-state index contributed by atoms with van der Waals surface area (Å²) in [5, 5.41) is 8.43. The Balaban J connectivity index is 3.10. The first kappa shape index (κ1) is 47.4. The van der Waals surface area contributed by atoms with Crippen LogP contribution >= 0.6 is 0 Å². The van der Waals surface area contributed by atoms with Gasteiger partial charge < -0.3 is 71.4 Å². The maximum atomic E-state index is 11.5. The molecule has 0 aromatic rings. The lowest BCUT2D eigenvalue weighted by molar-refractivity contribution is -0.160. The van der Waals surface area contributed by atoms with E-state index in [9.17, 15) is 9.59 Å². The fourth-order valence-corrected chi connectivity index (χ4v) is 3.22. The molecule has 0 heterocycles. The minimum Gasteiger partial charge on any atom is -0.480 e. The standard InChI is InChI=1S/C32H62O17/c1-32(2,3)49-31(35)29-48-27-25-46-23-21-44-19-17-42-15-13-40-11-9-38-7-5-36-4-6-37-8-10-39-12-14-41-16-18-43-20-22-45-24-26-47-28-30(33)34/h4-29H2,1-3H3,(H,33,34). The highest BCUT2D eigenvalue weighted by Crippen LogP contribution is 2.06. The largest absolute Gasteiger partial charge is 0.480 e. The predicted octanol–water partition coefficient (Wildman–Crippen LogP) is 0.629. The van der Waals surface area contributed by atoms with Gasteiger partial charge in [0, 0.05) is 0 Å². The lowest BCUT2D eigenvalue weighted by Crippen LogP contribution is -2.27. The second-order valence-electron chi connectivity index (χ2n) is 10.8. The minimum absolute atomic E-state index is 0.0894. The van der Waals surface area contributed by atoms with Crippen molar-refractivity contribution in [2.24, 2.45) is 0 Å². The summed E-state index contributed by atoms with van der Waals surface area (Å²) in [4.78, 5) is 21.8. The van der Waals surface area contributed by atoms with Gasteiger partial charge >= 0.3 is 11.9 Å². The molecule has 0 saturated heterocycles. The number of rotatable bonds is 40. The molecule has 0 aliphatic carbocycles. The van der Waals surface area contributed by atoms with E-state index in [0.29, 0.717) is 152 Å². The van der Waals surface area contributed by atoms with Gasteiger partial charge in [-0.05, 0) is 20.8 Å². The number of carbonyl (C=O) groups excluding carboxylic acids is 1. The van der Waals surface area contributed by atoms with Gasteiger partial charge in [-0.15, -0.1) is 0 Å². The number of ether oxygens (including phenoxy) is 14. The van der Waals surface area contributed by atoms with Crippen LogP contribution in [0.25, 0.3) is 0 Å². The Kier molecular flexibility index (Phi) is 36.5. The van der Waals surface area contributed by atoms with E-state index in [-0.39, 0.29) is 19.8 Å². The van der Waals surface area contributed by atoms with E-state index in [1.807, 2.05) is 20.8 Å². The fraction of sp³-hybridized carbons (Fsp3) is 0.938. The zero-order chi connectivity index (χ0) is 35.9. The Morgan fingerprint density at radius 3 is 0.714 bits per heavy atom.